The molecule has 0 spiro atoms. The highest BCUT2D eigenvalue weighted by atomic mass is 15.1. The lowest BCUT2D eigenvalue weighted by atomic mass is 10.1. The molecule has 0 amide bonds. The Kier molecular flexibility index (Phi) is 5.41. The zero-order chi connectivity index (χ0) is 11.1. The van der Waals surface area contributed by atoms with Crippen molar-refractivity contribution in [3.05, 3.63) is 36.0 Å². The number of hydrogen-bond donors (Lipinski definition) is 0. The van der Waals surface area contributed by atoms with Crippen molar-refractivity contribution in [2.24, 2.45) is 5.92 Å². The zero-order valence-electron chi connectivity index (χ0n) is 10.2. The summed E-state index contributed by atoms with van der Waals surface area (Å²) in [5.41, 5.74) is 1.51. The Balaban J connectivity index is 2.31. The van der Waals surface area contributed by atoms with Gasteiger partial charge in [-0.25, -0.2) is 0 Å². The van der Waals surface area contributed by atoms with E-state index in [4.69, 9.17) is 0 Å². The first kappa shape index (κ1) is 12.3. The molecule has 15 heavy (non-hydrogen) atoms. The lowest BCUT2D eigenvalue weighted by Gasteiger charge is -2.19. The third kappa shape index (κ3) is 5.58. The molecule has 0 aromatic rings. The van der Waals surface area contributed by atoms with Crippen LogP contribution in [-0.4, -0.2) is 25.0 Å². The molecule has 0 N–H and O–H groups in total. The first-order valence-corrected chi connectivity index (χ1v) is 5.88. The maximum absolute atomic E-state index is 2.42. The van der Waals surface area contributed by atoms with E-state index >= 15 is 0 Å². The third-order valence-electron chi connectivity index (χ3n) is 2.63. The predicted octanol–water partition coefficient (Wildman–Crippen LogP) is 3.41. The van der Waals surface area contributed by atoms with Gasteiger partial charge in [-0.1, -0.05) is 49.8 Å². The van der Waals surface area contributed by atoms with Crippen LogP contribution >= 0.6 is 0 Å². The van der Waals surface area contributed by atoms with E-state index in [0.29, 0.717) is 0 Å². The van der Waals surface area contributed by atoms with Crippen molar-refractivity contribution in [2.75, 3.05) is 20.1 Å². The Bertz CT molecular complexity index is 259. The predicted molar refractivity (Wildman–Crippen MR) is 67.9 cm³/mol. The van der Waals surface area contributed by atoms with Gasteiger partial charge in [0, 0.05) is 6.54 Å². The van der Waals surface area contributed by atoms with Gasteiger partial charge in [0.2, 0.25) is 0 Å². The lowest BCUT2D eigenvalue weighted by molar-refractivity contribution is 0.332. The smallest absolute Gasteiger partial charge is 0.0196 e. The number of likely N-dealkylation sites (N-methyl/N-ethyl adjacent to an activating group) is 1. The fourth-order valence-corrected chi connectivity index (χ4v) is 1.64. The van der Waals surface area contributed by atoms with E-state index < -0.39 is 0 Å². The minimum Gasteiger partial charge on any atom is -0.302 e. The van der Waals surface area contributed by atoms with Crippen LogP contribution in [0.3, 0.4) is 0 Å². The summed E-state index contributed by atoms with van der Waals surface area (Å²) in [7, 11) is 2.21. The van der Waals surface area contributed by atoms with Gasteiger partial charge < -0.3 is 4.90 Å². The zero-order valence-corrected chi connectivity index (χ0v) is 10.2. The number of nitrogens with zero attached hydrogens (tertiary/aromatic N) is 1. The van der Waals surface area contributed by atoms with Crippen molar-refractivity contribution >= 4 is 0 Å². The van der Waals surface area contributed by atoms with Crippen LogP contribution in [0.2, 0.25) is 0 Å². The molecule has 0 atom stereocenters. The molecule has 1 nitrogen and oxygen atoms in total. The Morgan fingerprint density at radius 3 is 2.80 bits per heavy atom. The molecule has 1 heteroatoms. The van der Waals surface area contributed by atoms with Crippen LogP contribution < -0.4 is 0 Å². The molecule has 0 fully saturated rings. The average Bonchev–Trinajstić information content (AvgIpc) is 2.43. The van der Waals surface area contributed by atoms with Gasteiger partial charge in [0.05, 0.1) is 0 Å². The largest absolute Gasteiger partial charge is 0.302 e. The van der Waals surface area contributed by atoms with Crippen LogP contribution in [0.5, 0.6) is 0 Å². The van der Waals surface area contributed by atoms with E-state index in [1.807, 2.05) is 0 Å². The van der Waals surface area contributed by atoms with Gasteiger partial charge in [0.15, 0.2) is 0 Å². The normalized spacial score (nSPS) is 15.9. The molecule has 0 saturated carbocycles. The molecular formula is C14H23N. The molecule has 0 bridgehead atoms. The summed E-state index contributed by atoms with van der Waals surface area (Å²) in [6.07, 6.45) is 13.2. The number of rotatable bonds is 5. The van der Waals surface area contributed by atoms with Gasteiger partial charge in [-0.05, 0) is 32.4 Å². The van der Waals surface area contributed by atoms with E-state index in [1.54, 1.807) is 0 Å². The fourth-order valence-electron chi connectivity index (χ4n) is 1.64. The highest BCUT2D eigenvalue weighted by Crippen LogP contribution is 2.09. The summed E-state index contributed by atoms with van der Waals surface area (Å²) in [4.78, 5) is 2.42. The number of allylic oxidation sites excluding steroid dienone is 5. The molecule has 0 heterocycles. The summed E-state index contributed by atoms with van der Waals surface area (Å²) in [6, 6.07) is 0. The van der Waals surface area contributed by atoms with E-state index in [1.165, 1.54) is 18.5 Å². The van der Waals surface area contributed by atoms with Gasteiger partial charge in [-0.2, -0.15) is 0 Å². The van der Waals surface area contributed by atoms with Crippen molar-refractivity contribution < 1.29 is 0 Å². The van der Waals surface area contributed by atoms with Crippen LogP contribution in [0, 0.1) is 5.92 Å². The quantitative estimate of drug-likeness (QED) is 0.665. The monoisotopic (exact) mass is 205 g/mol. The van der Waals surface area contributed by atoms with Gasteiger partial charge >= 0.3 is 0 Å². The summed E-state index contributed by atoms with van der Waals surface area (Å²) in [6.45, 7) is 6.86. The molecule has 0 aromatic heterocycles. The van der Waals surface area contributed by atoms with Gasteiger partial charge in [0.25, 0.3) is 0 Å². The maximum atomic E-state index is 2.42. The van der Waals surface area contributed by atoms with E-state index in [9.17, 15) is 0 Å². The minimum atomic E-state index is 0.801. The van der Waals surface area contributed by atoms with Crippen molar-refractivity contribution in [1.29, 1.82) is 0 Å². The highest BCUT2D eigenvalue weighted by Gasteiger charge is 2.03. The van der Waals surface area contributed by atoms with Crippen LogP contribution in [-0.2, 0) is 0 Å². The molecule has 0 radical (unpaired) electrons. The first-order valence-electron chi connectivity index (χ1n) is 5.88. The Hall–Kier alpha value is -0.820. The van der Waals surface area contributed by atoms with Crippen molar-refractivity contribution in [3.63, 3.8) is 0 Å². The molecule has 1 aliphatic rings. The Morgan fingerprint density at radius 1 is 1.27 bits per heavy atom. The van der Waals surface area contributed by atoms with Gasteiger partial charge in [-0.3, -0.25) is 0 Å². The van der Waals surface area contributed by atoms with Gasteiger partial charge in [-0.15, -0.1) is 0 Å². The third-order valence-corrected chi connectivity index (χ3v) is 2.63. The SMILES string of the molecule is CC(C)CCN(C)CC1=CC=CC=CC1. The topological polar surface area (TPSA) is 3.24 Å². The molecule has 1 rings (SSSR count). The maximum Gasteiger partial charge on any atom is 0.0196 e. The average molecular weight is 205 g/mol. The van der Waals surface area contributed by atoms with Crippen molar-refractivity contribution in [2.45, 2.75) is 26.7 Å². The molecule has 84 valence electrons. The molecule has 0 saturated heterocycles. The summed E-state index contributed by atoms with van der Waals surface area (Å²) < 4.78 is 0. The number of hydrogen-bond acceptors (Lipinski definition) is 1. The van der Waals surface area contributed by atoms with E-state index in [0.717, 1.165) is 18.9 Å². The van der Waals surface area contributed by atoms with Crippen LogP contribution in [0.25, 0.3) is 0 Å². The van der Waals surface area contributed by atoms with Crippen molar-refractivity contribution in [3.8, 4) is 0 Å². The van der Waals surface area contributed by atoms with E-state index in [-0.39, 0.29) is 0 Å². The summed E-state index contributed by atoms with van der Waals surface area (Å²) >= 11 is 0. The standard InChI is InChI=1S/C14H23N/c1-13(2)10-11-15(3)12-14-8-6-4-5-7-9-14/h4-8,13H,9-12H2,1-3H3. The van der Waals surface area contributed by atoms with Crippen LogP contribution in [0.1, 0.15) is 26.7 Å². The molecular weight excluding hydrogens is 182 g/mol. The molecule has 0 aliphatic heterocycles. The highest BCUT2D eigenvalue weighted by molar-refractivity contribution is 5.24. The van der Waals surface area contributed by atoms with Gasteiger partial charge in [0.1, 0.15) is 0 Å². The Morgan fingerprint density at radius 2 is 2.07 bits per heavy atom. The lowest BCUT2D eigenvalue weighted by Crippen LogP contribution is -2.23. The summed E-state index contributed by atoms with van der Waals surface area (Å²) in [5.74, 6) is 0.801. The van der Waals surface area contributed by atoms with Crippen molar-refractivity contribution in [1.82, 2.24) is 4.90 Å². The molecule has 0 aromatic carbocycles. The fraction of sp³-hybridized carbons (Fsp3) is 0.571. The van der Waals surface area contributed by atoms with E-state index in [2.05, 4.69) is 56.2 Å². The Labute approximate surface area is 94.2 Å². The first-order chi connectivity index (χ1) is 7.18. The van der Waals surface area contributed by atoms with Crippen LogP contribution in [0.15, 0.2) is 36.0 Å². The second-order valence-electron chi connectivity index (χ2n) is 4.76. The second kappa shape index (κ2) is 6.62. The summed E-state index contributed by atoms with van der Waals surface area (Å²) in [5, 5.41) is 0. The minimum absolute atomic E-state index is 0.801. The second-order valence-corrected chi connectivity index (χ2v) is 4.76. The van der Waals surface area contributed by atoms with Crippen LogP contribution in [0.4, 0.5) is 0 Å². The molecule has 0 unspecified atom stereocenters. The molecule has 1 aliphatic carbocycles.